The fourth-order valence-corrected chi connectivity index (χ4v) is 1.71. The molecule has 0 saturated carbocycles. The Balaban J connectivity index is 2.31. The average molecular weight is 214 g/mol. The first kappa shape index (κ1) is 12.5. The van der Waals surface area contributed by atoms with E-state index in [4.69, 9.17) is 4.74 Å². The molecule has 1 fully saturated rings. The monoisotopic (exact) mass is 214 g/mol. The molecule has 1 aliphatic heterocycles. The molecule has 15 heavy (non-hydrogen) atoms. The number of carbonyl (C=O) groups excluding carboxylic acids is 1. The van der Waals surface area contributed by atoms with Crippen LogP contribution in [0.5, 0.6) is 0 Å². The van der Waals surface area contributed by atoms with E-state index in [-0.39, 0.29) is 5.97 Å². The van der Waals surface area contributed by atoms with Crippen molar-refractivity contribution in [2.24, 2.45) is 5.41 Å². The van der Waals surface area contributed by atoms with Gasteiger partial charge in [-0.05, 0) is 26.7 Å². The smallest absolute Gasteiger partial charge is 0.312 e. The highest BCUT2D eigenvalue weighted by Crippen LogP contribution is 2.16. The molecule has 88 valence electrons. The van der Waals surface area contributed by atoms with Gasteiger partial charge in [0.25, 0.3) is 0 Å². The lowest BCUT2D eigenvalue weighted by atomic mass is 9.94. The molecule has 4 nitrogen and oxygen atoms in total. The summed E-state index contributed by atoms with van der Waals surface area (Å²) in [7, 11) is 1.44. The topological polar surface area (TPSA) is 41.6 Å². The number of piperidine rings is 1. The van der Waals surface area contributed by atoms with E-state index in [9.17, 15) is 4.79 Å². The van der Waals surface area contributed by atoms with Gasteiger partial charge in [-0.25, -0.2) is 5.01 Å². The summed E-state index contributed by atoms with van der Waals surface area (Å²) in [4.78, 5) is 11.4. The Bertz CT molecular complexity index is 211. The van der Waals surface area contributed by atoms with Gasteiger partial charge in [-0.3, -0.25) is 10.2 Å². The third-order valence-corrected chi connectivity index (χ3v) is 2.84. The summed E-state index contributed by atoms with van der Waals surface area (Å²) in [6.07, 6.45) is 3.80. The average Bonchev–Trinajstić information content (AvgIpc) is 2.27. The first-order valence-electron chi connectivity index (χ1n) is 5.63. The predicted molar refractivity (Wildman–Crippen MR) is 59.2 cm³/mol. The van der Waals surface area contributed by atoms with Crippen molar-refractivity contribution in [1.82, 2.24) is 10.4 Å². The van der Waals surface area contributed by atoms with Crippen molar-refractivity contribution < 1.29 is 9.53 Å². The minimum absolute atomic E-state index is 0.160. The van der Waals surface area contributed by atoms with Crippen LogP contribution in [-0.2, 0) is 9.53 Å². The van der Waals surface area contributed by atoms with Crippen molar-refractivity contribution in [1.29, 1.82) is 0 Å². The Morgan fingerprint density at radius 3 is 2.47 bits per heavy atom. The van der Waals surface area contributed by atoms with Gasteiger partial charge in [0.15, 0.2) is 0 Å². The van der Waals surface area contributed by atoms with Crippen LogP contribution >= 0.6 is 0 Å². The molecule has 4 heteroatoms. The third-order valence-electron chi connectivity index (χ3n) is 2.84. The molecule has 0 aromatic rings. The quantitative estimate of drug-likeness (QED) is 0.713. The minimum atomic E-state index is -0.452. The molecule has 1 aliphatic rings. The van der Waals surface area contributed by atoms with Crippen molar-refractivity contribution in [3.63, 3.8) is 0 Å². The molecule has 1 rings (SSSR count). The molecule has 0 aromatic carbocycles. The molecule has 0 unspecified atom stereocenters. The van der Waals surface area contributed by atoms with E-state index in [1.807, 2.05) is 13.8 Å². The molecule has 0 aliphatic carbocycles. The molecule has 0 bridgehead atoms. The van der Waals surface area contributed by atoms with E-state index >= 15 is 0 Å². The van der Waals surface area contributed by atoms with Crippen molar-refractivity contribution in [3.8, 4) is 0 Å². The number of nitrogens with zero attached hydrogens (tertiary/aromatic N) is 1. The molecule has 1 heterocycles. The van der Waals surface area contributed by atoms with E-state index in [1.165, 1.54) is 26.4 Å². The van der Waals surface area contributed by atoms with Gasteiger partial charge in [-0.15, -0.1) is 0 Å². The van der Waals surface area contributed by atoms with Gasteiger partial charge in [-0.1, -0.05) is 6.42 Å². The van der Waals surface area contributed by atoms with E-state index < -0.39 is 5.41 Å². The highest BCUT2D eigenvalue weighted by Gasteiger charge is 2.29. The maximum Gasteiger partial charge on any atom is 0.312 e. The second kappa shape index (κ2) is 5.47. The summed E-state index contributed by atoms with van der Waals surface area (Å²) in [6.45, 7) is 6.60. The molecule has 1 N–H and O–H groups in total. The van der Waals surface area contributed by atoms with Gasteiger partial charge in [-0.2, -0.15) is 0 Å². The normalized spacial score (nSPS) is 18.9. The predicted octanol–water partition coefficient (Wildman–Crippen LogP) is 1.18. The molecule has 0 spiro atoms. The summed E-state index contributed by atoms with van der Waals surface area (Å²) < 4.78 is 4.76. The van der Waals surface area contributed by atoms with Gasteiger partial charge in [0.1, 0.15) is 0 Å². The molecule has 0 aromatic heterocycles. The number of ether oxygens (including phenoxy) is 1. The summed E-state index contributed by atoms with van der Waals surface area (Å²) in [5, 5.41) is 2.20. The van der Waals surface area contributed by atoms with Gasteiger partial charge < -0.3 is 4.74 Å². The zero-order chi connectivity index (χ0) is 11.3. The number of hydrogen-bond acceptors (Lipinski definition) is 4. The Kier molecular flexibility index (Phi) is 4.54. The lowest BCUT2D eigenvalue weighted by Crippen LogP contribution is -2.47. The fraction of sp³-hybridized carbons (Fsp3) is 0.909. The van der Waals surface area contributed by atoms with Crippen LogP contribution in [0.3, 0.4) is 0 Å². The largest absolute Gasteiger partial charge is 0.469 e. The van der Waals surface area contributed by atoms with E-state index in [1.54, 1.807) is 0 Å². The molecule has 0 radical (unpaired) electrons. The second-order valence-corrected chi connectivity index (χ2v) is 4.76. The van der Waals surface area contributed by atoms with Gasteiger partial charge >= 0.3 is 5.97 Å². The van der Waals surface area contributed by atoms with E-state index in [2.05, 4.69) is 10.4 Å². The highest BCUT2D eigenvalue weighted by molar-refractivity contribution is 5.75. The number of hydrazine groups is 1. The van der Waals surface area contributed by atoms with Crippen molar-refractivity contribution in [2.75, 3.05) is 26.7 Å². The lowest BCUT2D eigenvalue weighted by molar-refractivity contribution is -0.151. The second-order valence-electron chi connectivity index (χ2n) is 4.76. The number of hydrogen-bond donors (Lipinski definition) is 1. The zero-order valence-corrected chi connectivity index (χ0v) is 10.0. The summed E-state index contributed by atoms with van der Waals surface area (Å²) in [6, 6.07) is 0. The summed E-state index contributed by atoms with van der Waals surface area (Å²) in [5.41, 5.74) is 2.86. The van der Waals surface area contributed by atoms with Gasteiger partial charge in [0.2, 0.25) is 0 Å². The molecule has 0 amide bonds. The first-order chi connectivity index (χ1) is 7.06. The van der Waals surface area contributed by atoms with Gasteiger partial charge in [0, 0.05) is 19.6 Å². The van der Waals surface area contributed by atoms with Crippen molar-refractivity contribution in [2.45, 2.75) is 33.1 Å². The van der Waals surface area contributed by atoms with Crippen LogP contribution in [0, 0.1) is 5.41 Å². The Morgan fingerprint density at radius 2 is 1.93 bits per heavy atom. The van der Waals surface area contributed by atoms with Crippen LogP contribution in [0.2, 0.25) is 0 Å². The Hall–Kier alpha value is -0.610. The van der Waals surface area contributed by atoms with Crippen molar-refractivity contribution >= 4 is 5.97 Å². The van der Waals surface area contributed by atoms with Crippen LogP contribution in [0.4, 0.5) is 0 Å². The van der Waals surface area contributed by atoms with Crippen molar-refractivity contribution in [3.05, 3.63) is 0 Å². The highest BCUT2D eigenvalue weighted by atomic mass is 16.5. The molecular formula is C11H22N2O2. The molecular weight excluding hydrogens is 192 g/mol. The number of esters is 1. The Morgan fingerprint density at radius 1 is 1.33 bits per heavy atom. The molecule has 0 atom stereocenters. The van der Waals surface area contributed by atoms with Crippen LogP contribution < -0.4 is 5.43 Å². The number of nitrogens with one attached hydrogen (secondary N) is 1. The summed E-state index contributed by atoms with van der Waals surface area (Å²) >= 11 is 0. The number of carbonyl (C=O) groups is 1. The SMILES string of the molecule is COC(=O)C(C)(C)CNN1CCCCC1. The Labute approximate surface area is 91.9 Å². The minimum Gasteiger partial charge on any atom is -0.469 e. The lowest BCUT2D eigenvalue weighted by Gasteiger charge is -2.31. The van der Waals surface area contributed by atoms with Crippen LogP contribution in [0.25, 0.3) is 0 Å². The summed E-state index contributed by atoms with van der Waals surface area (Å²) in [5.74, 6) is -0.160. The maximum atomic E-state index is 11.4. The standard InChI is InChI=1S/C11H22N2O2/c1-11(2,10(14)15-3)9-12-13-7-5-4-6-8-13/h12H,4-9H2,1-3H3. The van der Waals surface area contributed by atoms with Gasteiger partial charge in [0.05, 0.1) is 12.5 Å². The van der Waals surface area contributed by atoms with Crippen LogP contribution in [-0.4, -0.2) is 37.7 Å². The number of rotatable bonds is 4. The fourth-order valence-electron chi connectivity index (χ4n) is 1.71. The maximum absolute atomic E-state index is 11.4. The number of methoxy groups -OCH3 is 1. The molecule has 1 saturated heterocycles. The van der Waals surface area contributed by atoms with E-state index in [0.717, 1.165) is 13.1 Å². The van der Waals surface area contributed by atoms with Crippen LogP contribution in [0.1, 0.15) is 33.1 Å². The third kappa shape index (κ3) is 3.80. The van der Waals surface area contributed by atoms with Crippen LogP contribution in [0.15, 0.2) is 0 Å². The first-order valence-corrected chi connectivity index (χ1v) is 5.63. The zero-order valence-electron chi connectivity index (χ0n) is 10.0. The van der Waals surface area contributed by atoms with E-state index in [0.29, 0.717) is 6.54 Å².